The van der Waals surface area contributed by atoms with Crippen molar-refractivity contribution >= 4 is 5.69 Å². The summed E-state index contributed by atoms with van der Waals surface area (Å²) >= 11 is 0. The summed E-state index contributed by atoms with van der Waals surface area (Å²) in [6, 6.07) is 9.43. The summed E-state index contributed by atoms with van der Waals surface area (Å²) in [6.45, 7) is 12.1. The second kappa shape index (κ2) is 6.53. The Balaban J connectivity index is 2.35. The molecule has 0 unspecified atom stereocenters. The van der Waals surface area contributed by atoms with Crippen molar-refractivity contribution in [2.24, 2.45) is 5.41 Å². The highest BCUT2D eigenvalue weighted by Crippen LogP contribution is 2.33. The smallest absolute Gasteiger partial charge is 0.154 e. The van der Waals surface area contributed by atoms with Gasteiger partial charge in [0.2, 0.25) is 0 Å². The lowest BCUT2D eigenvalue weighted by Crippen LogP contribution is -2.11. The molecule has 0 bridgehead atoms. The average Bonchev–Trinajstić information content (AvgIpc) is 2.42. The molecule has 0 aliphatic heterocycles. The molecule has 1 N–H and O–H groups in total. The van der Waals surface area contributed by atoms with E-state index < -0.39 is 0 Å². The summed E-state index contributed by atoms with van der Waals surface area (Å²) in [5.74, 6) is -0.675. The SMILES string of the molecule is C=C(CC(C)(C)C)Nc1ccc(C)c(-c2ccc(F)cc2)c1F. The number of benzene rings is 2. The molecule has 2 aromatic rings. The molecule has 0 amide bonds. The van der Waals surface area contributed by atoms with E-state index in [2.05, 4.69) is 32.7 Å². The van der Waals surface area contributed by atoms with Gasteiger partial charge in [0.05, 0.1) is 5.69 Å². The van der Waals surface area contributed by atoms with Crippen LogP contribution in [0, 0.1) is 24.0 Å². The number of anilines is 1. The minimum atomic E-state index is -0.341. The van der Waals surface area contributed by atoms with Gasteiger partial charge in [-0.3, -0.25) is 0 Å². The van der Waals surface area contributed by atoms with Gasteiger partial charge in [-0.15, -0.1) is 0 Å². The monoisotopic (exact) mass is 315 g/mol. The van der Waals surface area contributed by atoms with Crippen molar-refractivity contribution in [2.75, 3.05) is 5.32 Å². The third kappa shape index (κ3) is 4.41. The maximum absolute atomic E-state index is 14.9. The molecule has 0 aromatic heterocycles. The molecule has 0 saturated heterocycles. The molecule has 0 saturated carbocycles. The van der Waals surface area contributed by atoms with E-state index in [1.54, 1.807) is 18.2 Å². The number of nitrogens with one attached hydrogen (secondary N) is 1. The molecular formula is C20H23F2N. The second-order valence-electron chi connectivity index (χ2n) is 7.09. The summed E-state index contributed by atoms with van der Waals surface area (Å²) in [6.07, 6.45) is 0.742. The van der Waals surface area contributed by atoms with E-state index in [1.165, 1.54) is 12.1 Å². The predicted molar refractivity (Wildman–Crippen MR) is 93.4 cm³/mol. The van der Waals surface area contributed by atoms with Gasteiger partial charge in [-0.05, 0) is 48.1 Å². The van der Waals surface area contributed by atoms with Gasteiger partial charge in [-0.25, -0.2) is 8.78 Å². The quantitative estimate of drug-likeness (QED) is 0.698. The molecule has 0 fully saturated rings. The summed E-state index contributed by atoms with van der Waals surface area (Å²) < 4.78 is 28.0. The second-order valence-corrected chi connectivity index (χ2v) is 7.09. The minimum absolute atomic E-state index is 0.0744. The van der Waals surface area contributed by atoms with E-state index in [-0.39, 0.29) is 17.0 Å². The normalized spacial score (nSPS) is 11.4. The van der Waals surface area contributed by atoms with Crippen LogP contribution in [0.3, 0.4) is 0 Å². The zero-order valence-corrected chi connectivity index (χ0v) is 14.1. The Morgan fingerprint density at radius 3 is 2.22 bits per heavy atom. The highest BCUT2D eigenvalue weighted by molar-refractivity contribution is 5.73. The van der Waals surface area contributed by atoms with Crippen LogP contribution >= 0.6 is 0 Å². The van der Waals surface area contributed by atoms with E-state index in [9.17, 15) is 8.78 Å². The molecule has 0 radical (unpaired) electrons. The Bertz CT molecular complexity index is 710. The van der Waals surface area contributed by atoms with Gasteiger partial charge in [-0.2, -0.15) is 0 Å². The Labute approximate surface area is 137 Å². The number of hydrogen-bond acceptors (Lipinski definition) is 1. The molecule has 0 spiro atoms. The molecule has 1 nitrogen and oxygen atoms in total. The van der Waals surface area contributed by atoms with Crippen molar-refractivity contribution < 1.29 is 8.78 Å². The molecule has 3 heteroatoms. The van der Waals surface area contributed by atoms with E-state index in [0.717, 1.165) is 17.7 Å². The number of allylic oxidation sites excluding steroid dienone is 1. The van der Waals surface area contributed by atoms with Gasteiger partial charge < -0.3 is 5.32 Å². The minimum Gasteiger partial charge on any atom is -0.357 e. The summed E-state index contributed by atoms with van der Waals surface area (Å²) in [7, 11) is 0. The van der Waals surface area contributed by atoms with Gasteiger partial charge in [-0.1, -0.05) is 45.5 Å². The molecule has 0 aliphatic carbocycles. The van der Waals surface area contributed by atoms with E-state index in [0.29, 0.717) is 16.8 Å². The number of aryl methyl sites for hydroxylation is 1. The first-order valence-electron chi connectivity index (χ1n) is 7.67. The lowest BCUT2D eigenvalue weighted by Gasteiger charge is -2.21. The molecular weight excluding hydrogens is 292 g/mol. The maximum atomic E-state index is 14.9. The molecule has 2 rings (SSSR count). The van der Waals surface area contributed by atoms with Crippen molar-refractivity contribution in [1.29, 1.82) is 0 Å². The van der Waals surface area contributed by atoms with E-state index in [4.69, 9.17) is 0 Å². The number of halogens is 2. The fourth-order valence-electron chi connectivity index (χ4n) is 2.61. The first kappa shape index (κ1) is 17.2. The average molecular weight is 315 g/mol. The van der Waals surface area contributed by atoms with Gasteiger partial charge in [0.25, 0.3) is 0 Å². The van der Waals surface area contributed by atoms with Crippen LogP contribution in [-0.2, 0) is 0 Å². The lowest BCUT2D eigenvalue weighted by molar-refractivity contribution is 0.411. The van der Waals surface area contributed by atoms with Gasteiger partial charge >= 0.3 is 0 Å². The third-order valence-electron chi connectivity index (χ3n) is 3.54. The molecule has 2 aromatic carbocycles. The molecule has 122 valence electrons. The number of hydrogen-bond donors (Lipinski definition) is 1. The predicted octanol–water partition coefficient (Wildman–Crippen LogP) is 6.30. The first-order chi connectivity index (χ1) is 10.7. The van der Waals surface area contributed by atoms with Crippen LogP contribution in [0.2, 0.25) is 0 Å². The Kier molecular flexibility index (Phi) is 4.88. The summed E-state index contributed by atoms with van der Waals surface area (Å²) in [5, 5.41) is 3.07. The lowest BCUT2D eigenvalue weighted by atomic mass is 9.90. The molecule has 0 heterocycles. The van der Waals surface area contributed by atoms with Crippen LogP contribution in [0.15, 0.2) is 48.7 Å². The van der Waals surface area contributed by atoms with Crippen molar-refractivity contribution in [1.82, 2.24) is 0 Å². The molecule has 23 heavy (non-hydrogen) atoms. The molecule has 0 atom stereocenters. The Morgan fingerprint density at radius 2 is 1.65 bits per heavy atom. The van der Waals surface area contributed by atoms with Crippen LogP contribution in [0.25, 0.3) is 11.1 Å². The third-order valence-corrected chi connectivity index (χ3v) is 3.54. The van der Waals surface area contributed by atoms with Gasteiger partial charge in [0.15, 0.2) is 5.82 Å². The Hall–Kier alpha value is -2.16. The fourth-order valence-corrected chi connectivity index (χ4v) is 2.61. The van der Waals surface area contributed by atoms with Gasteiger partial charge in [0, 0.05) is 11.3 Å². The van der Waals surface area contributed by atoms with Crippen molar-refractivity contribution in [3.05, 3.63) is 65.9 Å². The first-order valence-corrected chi connectivity index (χ1v) is 7.67. The van der Waals surface area contributed by atoms with E-state index >= 15 is 0 Å². The maximum Gasteiger partial charge on any atom is 0.154 e. The molecule has 0 aliphatic rings. The van der Waals surface area contributed by atoms with Crippen LogP contribution < -0.4 is 5.32 Å². The Morgan fingerprint density at radius 1 is 1.04 bits per heavy atom. The van der Waals surface area contributed by atoms with Crippen LogP contribution in [0.1, 0.15) is 32.8 Å². The zero-order chi connectivity index (χ0) is 17.2. The van der Waals surface area contributed by atoms with Crippen LogP contribution in [0.5, 0.6) is 0 Å². The topological polar surface area (TPSA) is 12.0 Å². The van der Waals surface area contributed by atoms with Crippen LogP contribution in [0.4, 0.5) is 14.5 Å². The van der Waals surface area contributed by atoms with E-state index in [1.807, 2.05) is 13.0 Å². The zero-order valence-electron chi connectivity index (χ0n) is 14.1. The number of rotatable bonds is 4. The van der Waals surface area contributed by atoms with Crippen molar-refractivity contribution in [3.63, 3.8) is 0 Å². The highest BCUT2D eigenvalue weighted by Gasteiger charge is 2.16. The summed E-state index contributed by atoms with van der Waals surface area (Å²) in [5.41, 5.74) is 3.19. The fraction of sp³-hybridized carbons (Fsp3) is 0.300. The van der Waals surface area contributed by atoms with Crippen molar-refractivity contribution in [2.45, 2.75) is 34.1 Å². The van der Waals surface area contributed by atoms with Crippen molar-refractivity contribution in [3.8, 4) is 11.1 Å². The van der Waals surface area contributed by atoms with Gasteiger partial charge in [0.1, 0.15) is 5.82 Å². The largest absolute Gasteiger partial charge is 0.357 e. The van der Waals surface area contributed by atoms with Crippen LogP contribution in [-0.4, -0.2) is 0 Å². The highest BCUT2D eigenvalue weighted by atomic mass is 19.1. The summed E-state index contributed by atoms with van der Waals surface area (Å²) in [4.78, 5) is 0. The standard InChI is InChI=1S/C20H23F2N/c1-13-6-11-17(23-14(2)12-20(3,4)5)19(22)18(13)15-7-9-16(21)10-8-15/h6-11,23H,2,12H2,1,3-5H3.